The van der Waals surface area contributed by atoms with E-state index in [4.69, 9.17) is 0 Å². The summed E-state index contributed by atoms with van der Waals surface area (Å²) in [5.74, 6) is 0.215. The SMILES string of the molecule is O=c1c2c3c(sc2ncn1CN(c1ccccc1)c1ccc(O)cc1)CCCC3. The van der Waals surface area contributed by atoms with E-state index in [-0.39, 0.29) is 11.3 Å². The van der Waals surface area contributed by atoms with Crippen LogP contribution in [0.4, 0.5) is 11.4 Å². The highest BCUT2D eigenvalue weighted by Crippen LogP contribution is 2.33. The van der Waals surface area contributed by atoms with Crippen molar-refractivity contribution in [1.82, 2.24) is 9.55 Å². The summed E-state index contributed by atoms with van der Waals surface area (Å²) in [6, 6.07) is 17.0. The third-order valence-electron chi connectivity index (χ3n) is 5.46. The van der Waals surface area contributed by atoms with Gasteiger partial charge in [0.25, 0.3) is 5.56 Å². The second-order valence-electron chi connectivity index (χ2n) is 7.33. The molecule has 1 N–H and O–H groups in total. The van der Waals surface area contributed by atoms with Crippen molar-refractivity contribution in [1.29, 1.82) is 0 Å². The minimum atomic E-state index is 0.0223. The van der Waals surface area contributed by atoms with Crippen molar-refractivity contribution in [2.45, 2.75) is 32.4 Å². The normalized spacial score (nSPS) is 13.4. The van der Waals surface area contributed by atoms with E-state index >= 15 is 0 Å². The number of benzene rings is 2. The van der Waals surface area contributed by atoms with E-state index in [0.29, 0.717) is 6.67 Å². The number of phenolic OH excluding ortho intramolecular Hbond substituents is 1. The van der Waals surface area contributed by atoms with E-state index in [1.165, 1.54) is 16.9 Å². The summed E-state index contributed by atoms with van der Waals surface area (Å²) in [6.45, 7) is 0.348. The molecule has 0 unspecified atom stereocenters. The molecule has 0 aliphatic heterocycles. The molecule has 2 aromatic carbocycles. The maximum Gasteiger partial charge on any atom is 0.263 e. The average Bonchev–Trinajstić information content (AvgIpc) is 3.14. The molecule has 0 saturated carbocycles. The molecule has 1 aliphatic rings. The molecule has 29 heavy (non-hydrogen) atoms. The van der Waals surface area contributed by atoms with Gasteiger partial charge in [-0.25, -0.2) is 4.98 Å². The molecule has 6 heteroatoms. The van der Waals surface area contributed by atoms with Crippen LogP contribution in [-0.2, 0) is 19.5 Å². The number of thiophene rings is 1. The van der Waals surface area contributed by atoms with Crippen LogP contribution in [0.2, 0.25) is 0 Å². The van der Waals surface area contributed by atoms with Gasteiger partial charge in [-0.3, -0.25) is 9.36 Å². The lowest BCUT2D eigenvalue weighted by Gasteiger charge is -2.25. The molecule has 0 saturated heterocycles. The smallest absolute Gasteiger partial charge is 0.263 e. The van der Waals surface area contributed by atoms with Crippen molar-refractivity contribution >= 4 is 32.9 Å². The Hall–Kier alpha value is -3.12. The van der Waals surface area contributed by atoms with Gasteiger partial charge < -0.3 is 10.0 Å². The number of nitrogens with zero attached hydrogens (tertiary/aromatic N) is 3. The van der Waals surface area contributed by atoms with E-state index in [2.05, 4.69) is 4.98 Å². The van der Waals surface area contributed by atoms with Crippen molar-refractivity contribution < 1.29 is 5.11 Å². The molecule has 2 aromatic heterocycles. The van der Waals surface area contributed by atoms with Gasteiger partial charge in [0.15, 0.2) is 0 Å². The number of aromatic hydroxyl groups is 1. The Morgan fingerprint density at radius 2 is 1.72 bits per heavy atom. The minimum absolute atomic E-state index is 0.0223. The van der Waals surface area contributed by atoms with Gasteiger partial charge in [0.05, 0.1) is 5.39 Å². The highest BCUT2D eigenvalue weighted by molar-refractivity contribution is 7.18. The van der Waals surface area contributed by atoms with Gasteiger partial charge in [0.2, 0.25) is 0 Å². The Labute approximate surface area is 172 Å². The summed E-state index contributed by atoms with van der Waals surface area (Å²) in [7, 11) is 0. The highest BCUT2D eigenvalue weighted by atomic mass is 32.1. The van der Waals surface area contributed by atoms with Gasteiger partial charge >= 0.3 is 0 Å². The summed E-state index contributed by atoms with van der Waals surface area (Å²) >= 11 is 1.67. The number of phenols is 1. The zero-order valence-electron chi connectivity index (χ0n) is 15.9. The average molecular weight is 404 g/mol. The van der Waals surface area contributed by atoms with Gasteiger partial charge in [-0.1, -0.05) is 18.2 Å². The van der Waals surface area contributed by atoms with E-state index in [9.17, 15) is 9.90 Å². The van der Waals surface area contributed by atoms with Crippen LogP contribution in [0.5, 0.6) is 5.75 Å². The maximum absolute atomic E-state index is 13.4. The summed E-state index contributed by atoms with van der Waals surface area (Å²) in [6.07, 6.45) is 6.01. The molecule has 4 aromatic rings. The summed E-state index contributed by atoms with van der Waals surface area (Å²) in [5.41, 5.74) is 3.10. The fourth-order valence-corrected chi connectivity index (χ4v) is 5.21. The van der Waals surface area contributed by atoms with Crippen LogP contribution >= 0.6 is 11.3 Å². The number of rotatable bonds is 4. The molecule has 0 atom stereocenters. The van der Waals surface area contributed by atoms with Crippen LogP contribution < -0.4 is 10.5 Å². The number of hydrogen-bond donors (Lipinski definition) is 1. The predicted octanol–water partition coefficient (Wildman–Crippen LogP) is 4.84. The Morgan fingerprint density at radius 3 is 2.52 bits per heavy atom. The fourth-order valence-electron chi connectivity index (χ4n) is 3.99. The Balaban J connectivity index is 1.60. The maximum atomic E-state index is 13.4. The topological polar surface area (TPSA) is 58.4 Å². The first-order valence-electron chi connectivity index (χ1n) is 9.82. The summed E-state index contributed by atoms with van der Waals surface area (Å²) in [4.78, 5) is 22.2. The molecule has 0 amide bonds. The van der Waals surface area contributed by atoms with Gasteiger partial charge in [0.1, 0.15) is 23.6 Å². The molecule has 1 aliphatic carbocycles. The molecular weight excluding hydrogens is 382 g/mol. The number of para-hydroxylation sites is 1. The molecule has 2 heterocycles. The molecule has 0 fully saturated rings. The van der Waals surface area contributed by atoms with Gasteiger partial charge in [-0.15, -0.1) is 11.3 Å². The van der Waals surface area contributed by atoms with E-state index in [0.717, 1.165) is 40.9 Å². The van der Waals surface area contributed by atoms with E-state index in [1.54, 1.807) is 34.4 Å². The molecule has 0 bridgehead atoms. The van der Waals surface area contributed by atoms with Crippen LogP contribution in [0.3, 0.4) is 0 Å². The Morgan fingerprint density at radius 1 is 1.00 bits per heavy atom. The van der Waals surface area contributed by atoms with Crippen LogP contribution in [0.15, 0.2) is 65.7 Å². The van der Waals surface area contributed by atoms with Crippen molar-refractivity contribution in [3.8, 4) is 5.75 Å². The highest BCUT2D eigenvalue weighted by Gasteiger charge is 2.21. The Bertz CT molecular complexity index is 1210. The van der Waals surface area contributed by atoms with Gasteiger partial charge in [-0.05, 0) is 67.6 Å². The van der Waals surface area contributed by atoms with E-state index in [1.807, 2.05) is 47.4 Å². The first-order valence-corrected chi connectivity index (χ1v) is 10.6. The van der Waals surface area contributed by atoms with E-state index < -0.39 is 0 Å². The van der Waals surface area contributed by atoms with Gasteiger partial charge in [0, 0.05) is 16.3 Å². The molecule has 5 rings (SSSR count). The second-order valence-corrected chi connectivity index (χ2v) is 8.42. The van der Waals surface area contributed by atoms with Crippen LogP contribution in [-0.4, -0.2) is 14.7 Å². The lowest BCUT2D eigenvalue weighted by atomic mass is 9.97. The molecular formula is C23H21N3O2S. The zero-order chi connectivity index (χ0) is 19.8. The van der Waals surface area contributed by atoms with Crippen LogP contribution in [0.25, 0.3) is 10.2 Å². The predicted molar refractivity (Wildman–Crippen MR) is 117 cm³/mol. The summed E-state index contributed by atoms with van der Waals surface area (Å²) in [5, 5.41) is 10.5. The molecule has 0 radical (unpaired) electrons. The summed E-state index contributed by atoms with van der Waals surface area (Å²) < 4.78 is 1.68. The van der Waals surface area contributed by atoms with Crippen molar-refractivity contribution in [3.63, 3.8) is 0 Å². The standard InChI is InChI=1S/C23H21N3O2S/c27-18-12-10-17(11-13-18)26(16-6-2-1-3-7-16)15-25-14-24-22-21(23(25)28)19-8-4-5-9-20(19)29-22/h1-3,6-7,10-14,27H,4-5,8-9,15H2. The quantitative estimate of drug-likeness (QED) is 0.530. The number of hydrogen-bond acceptors (Lipinski definition) is 5. The number of aromatic nitrogens is 2. The minimum Gasteiger partial charge on any atom is -0.508 e. The molecule has 5 nitrogen and oxygen atoms in total. The second kappa shape index (κ2) is 7.37. The lowest BCUT2D eigenvalue weighted by molar-refractivity contribution is 0.475. The lowest BCUT2D eigenvalue weighted by Crippen LogP contribution is -2.30. The number of aryl methyl sites for hydroxylation is 2. The number of fused-ring (bicyclic) bond motifs is 3. The zero-order valence-corrected chi connectivity index (χ0v) is 16.7. The van der Waals surface area contributed by atoms with Gasteiger partial charge in [-0.2, -0.15) is 0 Å². The number of anilines is 2. The van der Waals surface area contributed by atoms with Crippen molar-refractivity contribution in [3.05, 3.63) is 81.7 Å². The molecule has 146 valence electrons. The van der Waals surface area contributed by atoms with Crippen molar-refractivity contribution in [2.24, 2.45) is 0 Å². The molecule has 0 spiro atoms. The van der Waals surface area contributed by atoms with Crippen LogP contribution in [0, 0.1) is 0 Å². The monoisotopic (exact) mass is 403 g/mol. The van der Waals surface area contributed by atoms with Crippen LogP contribution in [0.1, 0.15) is 23.3 Å². The largest absolute Gasteiger partial charge is 0.508 e. The fraction of sp³-hybridized carbons (Fsp3) is 0.217. The van der Waals surface area contributed by atoms with Crippen molar-refractivity contribution in [2.75, 3.05) is 4.90 Å². The Kier molecular flexibility index (Phi) is 4.56. The third-order valence-corrected chi connectivity index (χ3v) is 6.66. The first-order chi connectivity index (χ1) is 14.2. The third kappa shape index (κ3) is 3.29. The first kappa shape index (κ1) is 17.9.